The van der Waals surface area contributed by atoms with E-state index in [-0.39, 0.29) is 23.3 Å². The van der Waals surface area contributed by atoms with Gasteiger partial charge in [-0.15, -0.1) is 0 Å². The highest BCUT2D eigenvalue weighted by molar-refractivity contribution is 7.89. The number of hydrogen-bond donors (Lipinski definition) is 1. The SMILES string of the molecule is CN(C)S(=O)(=O)c1cccc(C(=O)CNCC(c2ccc(Cl)cc2)N2CCCC2)c1. The summed E-state index contributed by atoms with van der Waals surface area (Å²) in [7, 11) is -0.629. The second kappa shape index (κ2) is 10.0. The smallest absolute Gasteiger partial charge is 0.242 e. The summed E-state index contributed by atoms with van der Waals surface area (Å²) in [6.07, 6.45) is 2.35. The Labute approximate surface area is 183 Å². The van der Waals surface area contributed by atoms with Crippen LogP contribution in [0.25, 0.3) is 0 Å². The molecule has 1 aliphatic heterocycles. The maximum atomic E-state index is 12.7. The van der Waals surface area contributed by atoms with Gasteiger partial charge in [0.2, 0.25) is 10.0 Å². The van der Waals surface area contributed by atoms with Gasteiger partial charge in [0.15, 0.2) is 5.78 Å². The van der Waals surface area contributed by atoms with Crippen molar-refractivity contribution in [3.8, 4) is 0 Å². The van der Waals surface area contributed by atoms with Crippen molar-refractivity contribution < 1.29 is 13.2 Å². The molecule has 2 aromatic rings. The molecule has 0 aromatic heterocycles. The average molecular weight is 450 g/mol. The number of likely N-dealkylation sites (tertiary alicyclic amines) is 1. The monoisotopic (exact) mass is 449 g/mol. The van der Waals surface area contributed by atoms with Crippen LogP contribution in [0.4, 0.5) is 0 Å². The van der Waals surface area contributed by atoms with Gasteiger partial charge in [-0.25, -0.2) is 12.7 Å². The Morgan fingerprint density at radius 2 is 1.80 bits per heavy atom. The van der Waals surface area contributed by atoms with Gasteiger partial charge < -0.3 is 5.32 Å². The van der Waals surface area contributed by atoms with E-state index >= 15 is 0 Å². The molecule has 162 valence electrons. The van der Waals surface area contributed by atoms with E-state index < -0.39 is 10.0 Å². The van der Waals surface area contributed by atoms with Gasteiger partial charge in [-0.2, -0.15) is 0 Å². The molecule has 0 spiro atoms. The lowest BCUT2D eigenvalue weighted by Crippen LogP contribution is -2.36. The molecule has 1 atom stereocenters. The number of nitrogens with zero attached hydrogens (tertiary/aromatic N) is 2. The van der Waals surface area contributed by atoms with Gasteiger partial charge in [-0.1, -0.05) is 35.9 Å². The van der Waals surface area contributed by atoms with E-state index in [1.807, 2.05) is 24.3 Å². The molecular weight excluding hydrogens is 422 g/mol. The van der Waals surface area contributed by atoms with Crippen molar-refractivity contribution in [1.29, 1.82) is 0 Å². The number of Topliss-reactive ketones (excluding diaryl/α,β-unsaturated/α-hetero) is 1. The molecule has 0 saturated carbocycles. The summed E-state index contributed by atoms with van der Waals surface area (Å²) < 4.78 is 25.8. The van der Waals surface area contributed by atoms with Crippen molar-refractivity contribution in [2.45, 2.75) is 23.8 Å². The van der Waals surface area contributed by atoms with E-state index in [2.05, 4.69) is 10.2 Å². The fourth-order valence-corrected chi connectivity index (χ4v) is 4.74. The Kier molecular flexibility index (Phi) is 7.65. The van der Waals surface area contributed by atoms with Crippen LogP contribution in [0.15, 0.2) is 53.4 Å². The number of benzene rings is 2. The number of nitrogens with one attached hydrogen (secondary N) is 1. The molecule has 1 heterocycles. The molecular formula is C22H28ClN3O3S. The number of carbonyl (C=O) groups excluding carboxylic acids is 1. The maximum Gasteiger partial charge on any atom is 0.242 e. The first-order chi connectivity index (χ1) is 14.3. The Balaban J connectivity index is 1.66. The molecule has 0 aliphatic carbocycles. The minimum atomic E-state index is -3.57. The Bertz CT molecular complexity index is 971. The van der Waals surface area contributed by atoms with Crippen LogP contribution < -0.4 is 5.32 Å². The van der Waals surface area contributed by atoms with Crippen LogP contribution in [0.5, 0.6) is 0 Å². The normalized spacial score (nSPS) is 16.1. The van der Waals surface area contributed by atoms with Crippen molar-refractivity contribution in [2.24, 2.45) is 0 Å². The molecule has 1 saturated heterocycles. The number of sulfonamides is 1. The highest BCUT2D eigenvalue weighted by Gasteiger charge is 2.24. The van der Waals surface area contributed by atoms with E-state index in [9.17, 15) is 13.2 Å². The molecule has 1 unspecified atom stereocenters. The highest BCUT2D eigenvalue weighted by Crippen LogP contribution is 2.25. The lowest BCUT2D eigenvalue weighted by molar-refractivity contribution is 0.0987. The third kappa shape index (κ3) is 5.47. The van der Waals surface area contributed by atoms with E-state index in [1.165, 1.54) is 44.6 Å². The minimum Gasteiger partial charge on any atom is -0.308 e. The summed E-state index contributed by atoms with van der Waals surface area (Å²) in [5, 5.41) is 3.97. The number of hydrogen-bond acceptors (Lipinski definition) is 5. The molecule has 2 aromatic carbocycles. The lowest BCUT2D eigenvalue weighted by Gasteiger charge is -2.28. The second-order valence-corrected chi connectivity index (χ2v) is 10.3. The third-order valence-corrected chi connectivity index (χ3v) is 7.46. The van der Waals surface area contributed by atoms with Crippen molar-refractivity contribution in [2.75, 3.05) is 40.3 Å². The Hall–Kier alpha value is -1.77. The number of ketones is 1. The molecule has 1 aliphatic rings. The van der Waals surface area contributed by atoms with Gasteiger partial charge in [0.25, 0.3) is 0 Å². The van der Waals surface area contributed by atoms with E-state index in [1.54, 1.807) is 12.1 Å². The maximum absolute atomic E-state index is 12.7. The van der Waals surface area contributed by atoms with Crippen LogP contribution in [-0.2, 0) is 10.0 Å². The standard InChI is InChI=1S/C22H28ClN3O3S/c1-25(2)30(28,29)20-7-5-6-18(14-20)22(27)16-24-15-21(26-12-3-4-13-26)17-8-10-19(23)11-9-17/h5-11,14,21,24H,3-4,12-13,15-16H2,1-2H3. The van der Waals surface area contributed by atoms with Crippen molar-refractivity contribution in [3.63, 3.8) is 0 Å². The van der Waals surface area contributed by atoms with Crippen molar-refractivity contribution >= 4 is 27.4 Å². The van der Waals surface area contributed by atoms with Crippen molar-refractivity contribution in [1.82, 2.24) is 14.5 Å². The Morgan fingerprint density at radius 1 is 1.13 bits per heavy atom. The summed E-state index contributed by atoms with van der Waals surface area (Å²) in [5.41, 5.74) is 1.55. The third-order valence-electron chi connectivity index (χ3n) is 5.39. The largest absolute Gasteiger partial charge is 0.308 e. The van der Waals surface area contributed by atoms with Gasteiger partial charge in [-0.3, -0.25) is 9.69 Å². The first-order valence-corrected chi connectivity index (χ1v) is 11.9. The molecule has 0 radical (unpaired) electrons. The lowest BCUT2D eigenvalue weighted by atomic mass is 10.1. The molecule has 0 bridgehead atoms. The van der Waals surface area contributed by atoms with Crippen LogP contribution in [0.2, 0.25) is 5.02 Å². The summed E-state index contributed by atoms with van der Waals surface area (Å²) >= 11 is 6.03. The van der Waals surface area contributed by atoms with Crippen molar-refractivity contribution in [3.05, 3.63) is 64.7 Å². The number of carbonyl (C=O) groups is 1. The zero-order valence-corrected chi connectivity index (χ0v) is 18.9. The minimum absolute atomic E-state index is 0.120. The molecule has 0 amide bonds. The zero-order valence-electron chi connectivity index (χ0n) is 17.3. The fraction of sp³-hybridized carbons (Fsp3) is 0.409. The van der Waals surface area contributed by atoms with Crippen LogP contribution in [0, 0.1) is 0 Å². The van der Waals surface area contributed by atoms with Gasteiger partial charge in [0.05, 0.1) is 11.4 Å². The summed E-state index contributed by atoms with van der Waals surface area (Å²) in [4.78, 5) is 15.2. The molecule has 3 rings (SSSR count). The van der Waals surface area contributed by atoms with Crippen LogP contribution >= 0.6 is 11.6 Å². The van der Waals surface area contributed by atoms with E-state index in [0.29, 0.717) is 17.1 Å². The second-order valence-electron chi connectivity index (χ2n) is 7.68. The fourth-order valence-electron chi connectivity index (χ4n) is 3.66. The first kappa shape index (κ1) is 22.9. The highest BCUT2D eigenvalue weighted by atomic mass is 35.5. The molecule has 1 fully saturated rings. The molecule has 6 nitrogen and oxygen atoms in total. The van der Waals surface area contributed by atoms with Gasteiger partial charge >= 0.3 is 0 Å². The van der Waals surface area contributed by atoms with Crippen LogP contribution in [0.1, 0.15) is 34.8 Å². The van der Waals surface area contributed by atoms with Gasteiger partial charge in [0.1, 0.15) is 0 Å². The Morgan fingerprint density at radius 3 is 2.43 bits per heavy atom. The zero-order chi connectivity index (χ0) is 21.7. The van der Waals surface area contributed by atoms with Crippen LogP contribution in [0.3, 0.4) is 0 Å². The number of halogens is 1. The summed E-state index contributed by atoms with van der Waals surface area (Å²) in [6.45, 7) is 2.84. The predicted molar refractivity (Wildman–Crippen MR) is 120 cm³/mol. The first-order valence-electron chi connectivity index (χ1n) is 10.0. The topological polar surface area (TPSA) is 69.7 Å². The predicted octanol–water partition coefficient (Wildman–Crippen LogP) is 3.20. The number of rotatable bonds is 9. The van der Waals surface area contributed by atoms with E-state index in [0.717, 1.165) is 17.4 Å². The average Bonchev–Trinajstić information content (AvgIpc) is 3.26. The summed E-state index contributed by atoms with van der Waals surface area (Å²) in [5.74, 6) is -0.137. The van der Waals surface area contributed by atoms with E-state index in [4.69, 9.17) is 11.6 Å². The molecule has 30 heavy (non-hydrogen) atoms. The van der Waals surface area contributed by atoms with Gasteiger partial charge in [-0.05, 0) is 55.8 Å². The molecule has 1 N–H and O–H groups in total. The summed E-state index contributed by atoms with van der Waals surface area (Å²) in [6, 6.07) is 14.2. The quantitative estimate of drug-likeness (QED) is 0.595. The van der Waals surface area contributed by atoms with Crippen LogP contribution in [-0.4, -0.2) is 63.7 Å². The van der Waals surface area contributed by atoms with Gasteiger partial charge in [0, 0.05) is 37.3 Å². The molecule has 8 heteroatoms.